The zero-order valence-corrected chi connectivity index (χ0v) is 11.2. The zero-order chi connectivity index (χ0) is 13.0. The Morgan fingerprint density at radius 3 is 2.72 bits per heavy atom. The lowest BCUT2D eigenvalue weighted by Gasteiger charge is -2.23. The molecule has 0 heterocycles. The van der Waals surface area contributed by atoms with Gasteiger partial charge in [-0.1, -0.05) is 23.8 Å². The summed E-state index contributed by atoms with van der Waals surface area (Å²) in [6, 6.07) is 6.39. The average Bonchev–Trinajstić information content (AvgIpc) is 2.41. The van der Waals surface area contributed by atoms with Crippen molar-refractivity contribution in [2.45, 2.75) is 38.6 Å². The Morgan fingerprint density at radius 2 is 2.17 bits per heavy atom. The van der Waals surface area contributed by atoms with Gasteiger partial charge in [0.25, 0.3) is 0 Å². The predicted octanol–water partition coefficient (Wildman–Crippen LogP) is 3.01. The van der Waals surface area contributed by atoms with Crippen LogP contribution in [-0.4, -0.2) is 7.11 Å². The van der Waals surface area contributed by atoms with Crippen LogP contribution in [-0.2, 0) is 0 Å². The van der Waals surface area contributed by atoms with E-state index in [-0.39, 0.29) is 6.04 Å². The molecule has 2 rings (SSSR count). The maximum Gasteiger partial charge on any atom is 0.121 e. The number of nitrogens with two attached hydrogens (primary N) is 1. The van der Waals surface area contributed by atoms with Gasteiger partial charge in [0, 0.05) is 0 Å². The monoisotopic (exact) mass is 246 g/mol. The second-order valence-electron chi connectivity index (χ2n) is 4.85. The van der Waals surface area contributed by atoms with Gasteiger partial charge in [-0.3, -0.25) is 5.84 Å². The smallest absolute Gasteiger partial charge is 0.121 e. The summed E-state index contributed by atoms with van der Waals surface area (Å²) in [5.74, 6) is 6.66. The summed E-state index contributed by atoms with van der Waals surface area (Å²) in [4.78, 5) is 0. The number of nitrogens with one attached hydrogen (secondary N) is 1. The van der Waals surface area contributed by atoms with Gasteiger partial charge < -0.3 is 4.74 Å². The number of hydrogen-bond acceptors (Lipinski definition) is 3. The minimum Gasteiger partial charge on any atom is -0.496 e. The molecule has 1 unspecified atom stereocenters. The molecule has 3 nitrogen and oxygen atoms in total. The van der Waals surface area contributed by atoms with Gasteiger partial charge in [-0.2, -0.15) is 0 Å². The Morgan fingerprint density at radius 1 is 1.33 bits per heavy atom. The maximum absolute atomic E-state index is 5.73. The average molecular weight is 246 g/mol. The van der Waals surface area contributed by atoms with Crippen molar-refractivity contribution in [2.75, 3.05) is 7.11 Å². The molecule has 0 saturated carbocycles. The summed E-state index contributed by atoms with van der Waals surface area (Å²) in [6.45, 7) is 2.06. The van der Waals surface area contributed by atoms with Crippen LogP contribution >= 0.6 is 0 Å². The molecule has 18 heavy (non-hydrogen) atoms. The third-order valence-electron chi connectivity index (χ3n) is 3.62. The summed E-state index contributed by atoms with van der Waals surface area (Å²) in [6.07, 6.45) is 7.19. The largest absolute Gasteiger partial charge is 0.496 e. The first kappa shape index (κ1) is 13.1. The summed E-state index contributed by atoms with van der Waals surface area (Å²) in [5, 5.41) is 0. The number of methoxy groups -OCH3 is 1. The highest BCUT2D eigenvalue weighted by Crippen LogP contribution is 2.31. The molecule has 0 fully saturated rings. The van der Waals surface area contributed by atoms with Crippen LogP contribution in [0.1, 0.15) is 42.9 Å². The summed E-state index contributed by atoms with van der Waals surface area (Å²) in [7, 11) is 1.70. The molecule has 98 valence electrons. The Bertz CT molecular complexity index is 440. The van der Waals surface area contributed by atoms with E-state index in [2.05, 4.69) is 30.6 Å². The quantitative estimate of drug-likeness (QED) is 0.488. The van der Waals surface area contributed by atoms with E-state index in [0.29, 0.717) is 0 Å². The molecule has 1 atom stereocenters. The fraction of sp³-hybridized carbons (Fsp3) is 0.467. The molecule has 3 N–H and O–H groups in total. The van der Waals surface area contributed by atoms with Crippen LogP contribution in [0.3, 0.4) is 0 Å². The van der Waals surface area contributed by atoms with E-state index >= 15 is 0 Å². The number of ether oxygens (including phenoxy) is 1. The van der Waals surface area contributed by atoms with Crippen LogP contribution in [0, 0.1) is 6.92 Å². The highest BCUT2D eigenvalue weighted by atomic mass is 16.5. The van der Waals surface area contributed by atoms with E-state index in [0.717, 1.165) is 17.7 Å². The highest BCUT2D eigenvalue weighted by molar-refractivity contribution is 5.40. The van der Waals surface area contributed by atoms with Crippen LogP contribution in [0.4, 0.5) is 0 Å². The van der Waals surface area contributed by atoms with E-state index < -0.39 is 0 Å². The van der Waals surface area contributed by atoms with Gasteiger partial charge in [0.15, 0.2) is 0 Å². The molecule has 0 bridgehead atoms. The molecule has 0 radical (unpaired) electrons. The van der Waals surface area contributed by atoms with Crippen molar-refractivity contribution >= 4 is 0 Å². The molecule has 0 amide bonds. The summed E-state index contributed by atoms with van der Waals surface area (Å²) in [5.41, 5.74) is 6.71. The number of benzene rings is 1. The minimum atomic E-state index is 0.134. The van der Waals surface area contributed by atoms with E-state index in [9.17, 15) is 0 Å². The number of aryl methyl sites for hydroxylation is 1. The number of allylic oxidation sites excluding steroid dienone is 1. The van der Waals surface area contributed by atoms with E-state index in [1.807, 2.05) is 6.07 Å². The van der Waals surface area contributed by atoms with Gasteiger partial charge in [0.1, 0.15) is 5.75 Å². The molecule has 3 heteroatoms. The Kier molecular flexibility index (Phi) is 4.39. The molecule has 0 aliphatic heterocycles. The van der Waals surface area contributed by atoms with Crippen molar-refractivity contribution < 1.29 is 4.74 Å². The van der Waals surface area contributed by atoms with Crippen LogP contribution in [0.2, 0.25) is 0 Å². The first-order chi connectivity index (χ1) is 8.76. The van der Waals surface area contributed by atoms with Gasteiger partial charge >= 0.3 is 0 Å². The second kappa shape index (κ2) is 6.03. The van der Waals surface area contributed by atoms with Crippen LogP contribution in [0.5, 0.6) is 5.75 Å². The van der Waals surface area contributed by atoms with Crippen LogP contribution in [0.25, 0.3) is 0 Å². The molecular formula is C15H22N2O. The number of rotatable bonds is 4. The molecule has 1 aromatic rings. The van der Waals surface area contributed by atoms with E-state index in [4.69, 9.17) is 10.6 Å². The lowest BCUT2D eigenvalue weighted by atomic mass is 9.89. The third-order valence-corrected chi connectivity index (χ3v) is 3.62. The molecule has 0 saturated heterocycles. The Balaban J connectivity index is 2.27. The number of hydrogen-bond donors (Lipinski definition) is 2. The molecule has 0 spiro atoms. The van der Waals surface area contributed by atoms with E-state index in [1.54, 1.807) is 7.11 Å². The van der Waals surface area contributed by atoms with Gasteiger partial charge in [-0.15, -0.1) is 0 Å². The second-order valence-corrected chi connectivity index (χ2v) is 4.85. The van der Waals surface area contributed by atoms with Gasteiger partial charge in [0.2, 0.25) is 0 Å². The number of hydrazine groups is 1. The standard InChI is InChI=1S/C15H22N2O/c1-11-10-13(8-9-14(11)18-2)15(17-16)12-6-4-3-5-7-12/h6,8-10,15,17H,3-5,7,16H2,1-2H3. The topological polar surface area (TPSA) is 47.3 Å². The van der Waals surface area contributed by atoms with Crippen molar-refractivity contribution in [2.24, 2.45) is 5.84 Å². The van der Waals surface area contributed by atoms with Crippen LogP contribution < -0.4 is 16.0 Å². The normalized spacial score (nSPS) is 17.2. The van der Waals surface area contributed by atoms with Crippen molar-refractivity contribution in [1.82, 2.24) is 5.43 Å². The van der Waals surface area contributed by atoms with Gasteiger partial charge in [0.05, 0.1) is 13.2 Å². The Hall–Kier alpha value is -1.32. The first-order valence-electron chi connectivity index (χ1n) is 6.56. The van der Waals surface area contributed by atoms with Crippen LogP contribution in [0.15, 0.2) is 29.8 Å². The Labute approximate surface area is 109 Å². The molecular weight excluding hydrogens is 224 g/mol. The van der Waals surface area contributed by atoms with Gasteiger partial charge in [-0.25, -0.2) is 5.43 Å². The maximum atomic E-state index is 5.73. The van der Waals surface area contributed by atoms with E-state index in [1.165, 1.54) is 30.4 Å². The highest BCUT2D eigenvalue weighted by Gasteiger charge is 2.17. The minimum absolute atomic E-state index is 0.134. The third kappa shape index (κ3) is 2.74. The van der Waals surface area contributed by atoms with Crippen molar-refractivity contribution in [3.05, 3.63) is 41.0 Å². The lowest BCUT2D eigenvalue weighted by molar-refractivity contribution is 0.411. The lowest BCUT2D eigenvalue weighted by Crippen LogP contribution is -2.30. The fourth-order valence-corrected chi connectivity index (χ4v) is 2.62. The zero-order valence-electron chi connectivity index (χ0n) is 11.2. The fourth-order valence-electron chi connectivity index (χ4n) is 2.62. The van der Waals surface area contributed by atoms with Crippen molar-refractivity contribution in [1.29, 1.82) is 0 Å². The SMILES string of the molecule is COc1ccc(C(NN)C2=CCCCC2)cc1C. The summed E-state index contributed by atoms with van der Waals surface area (Å²) < 4.78 is 5.29. The van der Waals surface area contributed by atoms with Gasteiger partial charge in [-0.05, 0) is 49.8 Å². The first-order valence-corrected chi connectivity index (χ1v) is 6.56. The van der Waals surface area contributed by atoms with Crippen molar-refractivity contribution in [3.8, 4) is 5.75 Å². The summed E-state index contributed by atoms with van der Waals surface area (Å²) >= 11 is 0. The molecule has 1 aromatic carbocycles. The molecule has 0 aromatic heterocycles. The van der Waals surface area contributed by atoms with Crippen molar-refractivity contribution in [3.63, 3.8) is 0 Å². The predicted molar refractivity (Wildman–Crippen MR) is 74.3 cm³/mol. The molecule has 1 aliphatic rings. The molecule has 1 aliphatic carbocycles.